The average Bonchev–Trinajstić information content (AvgIpc) is 2.22. The Balaban J connectivity index is 0.00000324. The van der Waals surface area contributed by atoms with Gasteiger partial charge in [0.25, 0.3) is 0 Å². The summed E-state index contributed by atoms with van der Waals surface area (Å²) >= 11 is 5.74. The molecule has 1 aromatic rings. The lowest BCUT2D eigenvalue weighted by Crippen LogP contribution is -2.29. The van der Waals surface area contributed by atoms with Crippen molar-refractivity contribution in [3.8, 4) is 0 Å². The van der Waals surface area contributed by atoms with Crippen molar-refractivity contribution in [1.82, 2.24) is 4.72 Å². The van der Waals surface area contributed by atoms with Crippen molar-refractivity contribution >= 4 is 34.0 Å². The third kappa shape index (κ3) is 5.24. The standard InChI is InChI=1S/C11H16ClFN2O2S.ClH/c1-7-5-11(9(12)6-10(7)13)18(16,17)15-4-3-8(2)14;/h5-6,8,15H,3-4,14H2,1-2H3;1H. The van der Waals surface area contributed by atoms with E-state index in [1.54, 1.807) is 6.92 Å². The van der Waals surface area contributed by atoms with Gasteiger partial charge in [-0.25, -0.2) is 17.5 Å². The van der Waals surface area contributed by atoms with Gasteiger partial charge in [-0.05, 0) is 38.0 Å². The fourth-order valence-electron chi connectivity index (χ4n) is 1.34. The minimum Gasteiger partial charge on any atom is -0.328 e. The molecule has 1 atom stereocenters. The molecule has 0 spiro atoms. The van der Waals surface area contributed by atoms with E-state index in [0.717, 1.165) is 6.07 Å². The molecule has 110 valence electrons. The lowest BCUT2D eigenvalue weighted by molar-refractivity contribution is 0.570. The summed E-state index contributed by atoms with van der Waals surface area (Å²) < 4.78 is 39.4. The molecule has 0 radical (unpaired) electrons. The minimum absolute atomic E-state index is 0. The number of sulfonamides is 1. The van der Waals surface area contributed by atoms with E-state index >= 15 is 0 Å². The van der Waals surface area contributed by atoms with Gasteiger partial charge in [0.2, 0.25) is 10.0 Å². The van der Waals surface area contributed by atoms with Crippen LogP contribution in [-0.2, 0) is 10.0 Å². The van der Waals surface area contributed by atoms with Gasteiger partial charge in [0.15, 0.2) is 0 Å². The quantitative estimate of drug-likeness (QED) is 0.869. The van der Waals surface area contributed by atoms with Gasteiger partial charge in [-0.3, -0.25) is 0 Å². The van der Waals surface area contributed by atoms with Crippen LogP contribution in [0, 0.1) is 12.7 Å². The fraction of sp³-hybridized carbons (Fsp3) is 0.455. The lowest BCUT2D eigenvalue weighted by Gasteiger charge is -2.10. The van der Waals surface area contributed by atoms with Gasteiger partial charge in [-0.1, -0.05) is 11.6 Å². The molecule has 8 heteroatoms. The second kappa shape index (κ2) is 7.40. The van der Waals surface area contributed by atoms with E-state index in [2.05, 4.69) is 4.72 Å². The molecule has 0 bridgehead atoms. The Morgan fingerprint density at radius 2 is 2.05 bits per heavy atom. The smallest absolute Gasteiger partial charge is 0.242 e. The molecular weight excluding hydrogens is 314 g/mol. The van der Waals surface area contributed by atoms with E-state index in [9.17, 15) is 12.8 Å². The maximum Gasteiger partial charge on any atom is 0.242 e. The van der Waals surface area contributed by atoms with E-state index in [1.165, 1.54) is 13.0 Å². The van der Waals surface area contributed by atoms with Gasteiger partial charge in [0, 0.05) is 12.6 Å². The van der Waals surface area contributed by atoms with Crippen LogP contribution in [0.15, 0.2) is 17.0 Å². The van der Waals surface area contributed by atoms with Crippen LogP contribution in [0.3, 0.4) is 0 Å². The van der Waals surface area contributed by atoms with E-state index in [-0.39, 0.29) is 40.5 Å². The normalized spacial score (nSPS) is 12.9. The fourth-order valence-corrected chi connectivity index (χ4v) is 2.98. The van der Waals surface area contributed by atoms with E-state index < -0.39 is 15.8 Å². The van der Waals surface area contributed by atoms with Crippen LogP contribution in [0.25, 0.3) is 0 Å². The number of aryl methyl sites for hydroxylation is 1. The summed E-state index contributed by atoms with van der Waals surface area (Å²) in [6.07, 6.45) is 0.511. The zero-order valence-corrected chi connectivity index (χ0v) is 13.0. The summed E-state index contributed by atoms with van der Waals surface area (Å²) in [7, 11) is -3.73. The molecule has 1 rings (SSSR count). The highest BCUT2D eigenvalue weighted by Gasteiger charge is 2.19. The van der Waals surface area contributed by atoms with E-state index in [1.807, 2.05) is 0 Å². The van der Waals surface area contributed by atoms with Crippen LogP contribution in [0.2, 0.25) is 5.02 Å². The molecule has 19 heavy (non-hydrogen) atoms. The monoisotopic (exact) mass is 330 g/mol. The molecule has 1 unspecified atom stereocenters. The highest BCUT2D eigenvalue weighted by Crippen LogP contribution is 2.24. The lowest BCUT2D eigenvalue weighted by atomic mass is 10.2. The maximum absolute atomic E-state index is 13.2. The molecule has 0 aliphatic heterocycles. The molecule has 3 N–H and O–H groups in total. The predicted octanol–water partition coefficient (Wildman–Crippen LogP) is 2.22. The number of hydrogen-bond donors (Lipinski definition) is 2. The number of halogens is 3. The Morgan fingerprint density at radius 1 is 1.47 bits per heavy atom. The third-order valence-corrected chi connectivity index (χ3v) is 4.32. The van der Waals surface area contributed by atoms with Gasteiger partial charge in [0.1, 0.15) is 10.7 Å². The molecule has 0 saturated carbocycles. The molecule has 4 nitrogen and oxygen atoms in total. The minimum atomic E-state index is -3.73. The van der Waals surface area contributed by atoms with Crippen molar-refractivity contribution in [1.29, 1.82) is 0 Å². The van der Waals surface area contributed by atoms with Crippen LogP contribution in [0.5, 0.6) is 0 Å². The van der Waals surface area contributed by atoms with Gasteiger partial charge in [0.05, 0.1) is 5.02 Å². The number of nitrogens with one attached hydrogen (secondary N) is 1. The van der Waals surface area contributed by atoms with Crippen LogP contribution in [0.4, 0.5) is 4.39 Å². The first-order valence-electron chi connectivity index (χ1n) is 5.45. The van der Waals surface area contributed by atoms with Crippen molar-refractivity contribution in [3.05, 3.63) is 28.5 Å². The molecule has 0 fully saturated rings. The Bertz CT molecular complexity index is 536. The summed E-state index contributed by atoms with van der Waals surface area (Å²) in [5, 5.41) is -0.133. The van der Waals surface area contributed by atoms with E-state index in [4.69, 9.17) is 17.3 Å². The second-order valence-corrected chi connectivity index (χ2v) is 6.34. The van der Waals surface area contributed by atoms with Crippen molar-refractivity contribution in [2.75, 3.05) is 6.54 Å². The summed E-state index contributed by atoms with van der Waals surface area (Å²) in [5.41, 5.74) is 5.75. The maximum atomic E-state index is 13.2. The van der Waals surface area contributed by atoms with Gasteiger partial charge < -0.3 is 5.73 Å². The van der Waals surface area contributed by atoms with Crippen LogP contribution >= 0.6 is 24.0 Å². The molecular formula is C11H17Cl2FN2O2S. The van der Waals surface area contributed by atoms with Crippen LogP contribution in [-0.4, -0.2) is 21.0 Å². The van der Waals surface area contributed by atoms with Gasteiger partial charge >= 0.3 is 0 Å². The first-order chi connectivity index (χ1) is 8.24. The first-order valence-corrected chi connectivity index (χ1v) is 7.31. The van der Waals surface area contributed by atoms with Crippen molar-refractivity contribution in [3.63, 3.8) is 0 Å². The molecule has 0 amide bonds. The largest absolute Gasteiger partial charge is 0.328 e. The molecule has 0 aliphatic rings. The highest BCUT2D eigenvalue weighted by molar-refractivity contribution is 7.89. The summed E-state index contributed by atoms with van der Waals surface area (Å²) in [5.74, 6) is -0.533. The van der Waals surface area contributed by atoms with Crippen LogP contribution < -0.4 is 10.5 Å². The number of hydrogen-bond acceptors (Lipinski definition) is 3. The highest BCUT2D eigenvalue weighted by atomic mass is 35.5. The topological polar surface area (TPSA) is 72.2 Å². The second-order valence-electron chi connectivity index (χ2n) is 4.20. The number of benzene rings is 1. The molecule has 0 saturated heterocycles. The number of nitrogens with two attached hydrogens (primary N) is 1. The Morgan fingerprint density at radius 3 is 2.58 bits per heavy atom. The summed E-state index contributed by atoms with van der Waals surface area (Å²) in [4.78, 5) is -0.118. The predicted molar refractivity (Wildman–Crippen MR) is 76.8 cm³/mol. The zero-order chi connectivity index (χ0) is 13.9. The SMILES string of the molecule is Cc1cc(S(=O)(=O)NCCC(C)N)c(Cl)cc1F.Cl. The van der Waals surface area contributed by atoms with Crippen molar-refractivity contribution in [2.45, 2.75) is 31.2 Å². The van der Waals surface area contributed by atoms with Crippen molar-refractivity contribution in [2.24, 2.45) is 5.73 Å². The van der Waals surface area contributed by atoms with Crippen molar-refractivity contribution < 1.29 is 12.8 Å². The van der Waals surface area contributed by atoms with Crippen LogP contribution in [0.1, 0.15) is 18.9 Å². The zero-order valence-electron chi connectivity index (χ0n) is 10.6. The Kier molecular flexibility index (Phi) is 7.24. The number of rotatable bonds is 5. The van der Waals surface area contributed by atoms with E-state index in [0.29, 0.717) is 6.42 Å². The Hall–Kier alpha value is -0.400. The Labute approximate surface area is 124 Å². The van der Waals surface area contributed by atoms with Gasteiger partial charge in [-0.15, -0.1) is 12.4 Å². The molecule has 0 aliphatic carbocycles. The third-order valence-electron chi connectivity index (χ3n) is 2.39. The first kappa shape index (κ1) is 18.6. The molecule has 1 aromatic carbocycles. The van der Waals surface area contributed by atoms with Gasteiger partial charge in [-0.2, -0.15) is 0 Å². The molecule has 0 heterocycles. The average molecular weight is 331 g/mol. The molecule has 0 aromatic heterocycles. The summed E-state index contributed by atoms with van der Waals surface area (Å²) in [6.45, 7) is 3.47. The summed E-state index contributed by atoms with van der Waals surface area (Å²) in [6, 6.07) is 2.11.